The lowest BCUT2D eigenvalue weighted by atomic mass is 9.79. The Bertz CT molecular complexity index is 684. The highest BCUT2D eigenvalue weighted by molar-refractivity contribution is 5.97. The topological polar surface area (TPSA) is 35.8 Å². The molecule has 1 aliphatic rings. The molecule has 2 heteroatoms. The van der Waals surface area contributed by atoms with Gasteiger partial charge in [-0.25, -0.2) is 0 Å². The number of nitrogens with one attached hydrogen (secondary N) is 1. The highest BCUT2D eigenvalue weighted by atomic mass is 14.9. The first-order valence-corrected chi connectivity index (χ1v) is 7.87. The van der Waals surface area contributed by atoms with Gasteiger partial charge in [-0.15, -0.1) is 0 Å². The van der Waals surface area contributed by atoms with E-state index in [2.05, 4.69) is 37.4 Å². The third-order valence-electron chi connectivity index (χ3n) is 5.00. The van der Waals surface area contributed by atoms with Crippen LogP contribution in [-0.2, 0) is 0 Å². The van der Waals surface area contributed by atoms with Crippen molar-refractivity contribution >= 4 is 16.5 Å². The Labute approximate surface area is 126 Å². The lowest BCUT2D eigenvalue weighted by Crippen LogP contribution is -2.30. The number of nitrogens with zero attached hydrogens (tertiary/aromatic N) is 1. The quantitative estimate of drug-likeness (QED) is 0.843. The molecule has 1 aliphatic carbocycles. The zero-order valence-electron chi connectivity index (χ0n) is 12.8. The number of anilines is 1. The molecule has 21 heavy (non-hydrogen) atoms. The van der Waals surface area contributed by atoms with Gasteiger partial charge in [-0.1, -0.05) is 38.1 Å². The van der Waals surface area contributed by atoms with Crippen molar-refractivity contribution in [1.82, 2.24) is 0 Å². The van der Waals surface area contributed by atoms with Gasteiger partial charge in [0, 0.05) is 22.5 Å². The summed E-state index contributed by atoms with van der Waals surface area (Å²) in [6.07, 6.45) is 3.77. The summed E-state index contributed by atoms with van der Waals surface area (Å²) < 4.78 is 0. The van der Waals surface area contributed by atoms with Gasteiger partial charge >= 0.3 is 0 Å². The number of hydrogen-bond acceptors (Lipinski definition) is 2. The Morgan fingerprint density at radius 3 is 2.48 bits per heavy atom. The first-order chi connectivity index (χ1) is 10.2. The van der Waals surface area contributed by atoms with E-state index in [-0.39, 0.29) is 0 Å². The Kier molecular flexibility index (Phi) is 3.84. The Balaban J connectivity index is 1.90. The van der Waals surface area contributed by atoms with Crippen molar-refractivity contribution in [2.75, 3.05) is 5.32 Å². The monoisotopic (exact) mass is 278 g/mol. The predicted molar refractivity (Wildman–Crippen MR) is 88.3 cm³/mol. The molecule has 2 aromatic carbocycles. The number of rotatable bonds is 2. The van der Waals surface area contributed by atoms with Gasteiger partial charge in [0.05, 0.1) is 11.6 Å². The molecular weight excluding hydrogens is 256 g/mol. The number of hydrogen-bond donors (Lipinski definition) is 1. The zero-order chi connectivity index (χ0) is 14.8. The van der Waals surface area contributed by atoms with Crippen LogP contribution < -0.4 is 5.32 Å². The summed E-state index contributed by atoms with van der Waals surface area (Å²) in [6, 6.07) is 15.0. The Hall–Kier alpha value is -2.01. The zero-order valence-corrected chi connectivity index (χ0v) is 12.8. The van der Waals surface area contributed by atoms with Gasteiger partial charge in [-0.3, -0.25) is 0 Å². The van der Waals surface area contributed by atoms with E-state index in [1.165, 1.54) is 19.3 Å². The molecule has 1 N–H and O–H groups in total. The van der Waals surface area contributed by atoms with E-state index in [1.807, 2.05) is 24.3 Å². The Morgan fingerprint density at radius 1 is 1.00 bits per heavy atom. The van der Waals surface area contributed by atoms with Crippen LogP contribution in [0.25, 0.3) is 10.8 Å². The van der Waals surface area contributed by atoms with Crippen LogP contribution in [0.2, 0.25) is 0 Å². The minimum atomic E-state index is 0.549. The predicted octanol–water partition coefficient (Wildman–Crippen LogP) is 4.95. The van der Waals surface area contributed by atoms with Crippen molar-refractivity contribution in [1.29, 1.82) is 5.26 Å². The first-order valence-electron chi connectivity index (χ1n) is 7.87. The van der Waals surface area contributed by atoms with Crippen LogP contribution >= 0.6 is 0 Å². The van der Waals surface area contributed by atoms with Crippen molar-refractivity contribution in [3.63, 3.8) is 0 Å². The van der Waals surface area contributed by atoms with E-state index in [0.717, 1.165) is 33.9 Å². The molecule has 3 rings (SSSR count). The maximum atomic E-state index is 9.24. The Morgan fingerprint density at radius 2 is 1.76 bits per heavy atom. The lowest BCUT2D eigenvalue weighted by molar-refractivity contribution is 0.261. The van der Waals surface area contributed by atoms with Crippen LogP contribution in [0.4, 0.5) is 5.69 Å². The molecule has 3 unspecified atom stereocenters. The van der Waals surface area contributed by atoms with Gasteiger partial charge in [-0.2, -0.15) is 5.26 Å². The minimum Gasteiger partial charge on any atom is -0.382 e. The fourth-order valence-corrected chi connectivity index (χ4v) is 3.42. The SMILES string of the molecule is CC1CCC(Nc2ccc(C#N)c3ccccc23)CC1C. The molecule has 0 amide bonds. The van der Waals surface area contributed by atoms with Crippen molar-refractivity contribution in [3.05, 3.63) is 42.0 Å². The highest BCUT2D eigenvalue weighted by Crippen LogP contribution is 2.33. The third kappa shape index (κ3) is 2.74. The molecule has 1 fully saturated rings. The average molecular weight is 278 g/mol. The molecule has 0 bridgehead atoms. The van der Waals surface area contributed by atoms with Gasteiger partial charge in [0.1, 0.15) is 0 Å². The van der Waals surface area contributed by atoms with Gasteiger partial charge in [0.15, 0.2) is 0 Å². The lowest BCUT2D eigenvalue weighted by Gasteiger charge is -2.33. The standard InChI is InChI=1S/C19H22N2/c1-13-7-9-16(11-14(13)2)21-19-10-8-15(12-20)17-5-3-4-6-18(17)19/h3-6,8,10,13-14,16,21H,7,9,11H2,1-2H3. The molecule has 0 aliphatic heterocycles. The van der Waals surface area contributed by atoms with Crippen LogP contribution in [0, 0.1) is 23.2 Å². The highest BCUT2D eigenvalue weighted by Gasteiger charge is 2.24. The largest absolute Gasteiger partial charge is 0.382 e. The number of benzene rings is 2. The molecule has 3 atom stereocenters. The van der Waals surface area contributed by atoms with Gasteiger partial charge in [0.2, 0.25) is 0 Å². The fourth-order valence-electron chi connectivity index (χ4n) is 3.42. The van der Waals surface area contributed by atoms with E-state index in [9.17, 15) is 5.26 Å². The maximum absolute atomic E-state index is 9.24. The summed E-state index contributed by atoms with van der Waals surface area (Å²) in [5, 5.41) is 15.2. The minimum absolute atomic E-state index is 0.549. The molecule has 108 valence electrons. The average Bonchev–Trinajstić information content (AvgIpc) is 2.51. The van der Waals surface area contributed by atoms with Crippen LogP contribution in [0.1, 0.15) is 38.7 Å². The van der Waals surface area contributed by atoms with Gasteiger partial charge < -0.3 is 5.32 Å². The summed E-state index contributed by atoms with van der Waals surface area (Å²) in [4.78, 5) is 0. The summed E-state index contributed by atoms with van der Waals surface area (Å²) >= 11 is 0. The number of nitriles is 1. The summed E-state index contributed by atoms with van der Waals surface area (Å²) in [7, 11) is 0. The smallest absolute Gasteiger partial charge is 0.0998 e. The molecular formula is C19H22N2. The third-order valence-corrected chi connectivity index (χ3v) is 5.00. The second kappa shape index (κ2) is 5.77. The van der Waals surface area contributed by atoms with Crippen LogP contribution in [0.5, 0.6) is 0 Å². The van der Waals surface area contributed by atoms with E-state index in [0.29, 0.717) is 6.04 Å². The van der Waals surface area contributed by atoms with Gasteiger partial charge in [-0.05, 0) is 43.2 Å². The van der Waals surface area contributed by atoms with Crippen LogP contribution in [-0.4, -0.2) is 6.04 Å². The van der Waals surface area contributed by atoms with Crippen LogP contribution in [0.15, 0.2) is 36.4 Å². The van der Waals surface area contributed by atoms with E-state index < -0.39 is 0 Å². The number of fused-ring (bicyclic) bond motifs is 1. The molecule has 0 saturated heterocycles. The molecule has 0 spiro atoms. The summed E-state index contributed by atoms with van der Waals surface area (Å²) in [6.45, 7) is 4.72. The van der Waals surface area contributed by atoms with E-state index in [1.54, 1.807) is 0 Å². The molecule has 0 heterocycles. The van der Waals surface area contributed by atoms with Crippen LogP contribution in [0.3, 0.4) is 0 Å². The molecule has 1 saturated carbocycles. The second-order valence-corrected chi connectivity index (χ2v) is 6.43. The molecule has 2 aromatic rings. The van der Waals surface area contributed by atoms with E-state index >= 15 is 0 Å². The van der Waals surface area contributed by atoms with Gasteiger partial charge in [0.25, 0.3) is 0 Å². The molecule has 0 radical (unpaired) electrons. The van der Waals surface area contributed by atoms with E-state index in [4.69, 9.17) is 0 Å². The first kappa shape index (κ1) is 13.9. The fraction of sp³-hybridized carbons (Fsp3) is 0.421. The van der Waals surface area contributed by atoms with Crippen molar-refractivity contribution in [3.8, 4) is 6.07 Å². The normalized spacial score (nSPS) is 25.5. The second-order valence-electron chi connectivity index (χ2n) is 6.43. The van der Waals surface area contributed by atoms with Crippen molar-refractivity contribution in [2.45, 2.75) is 39.2 Å². The molecule has 0 aromatic heterocycles. The van der Waals surface area contributed by atoms with Crippen molar-refractivity contribution < 1.29 is 0 Å². The maximum Gasteiger partial charge on any atom is 0.0998 e. The summed E-state index contributed by atoms with van der Waals surface area (Å²) in [5.41, 5.74) is 1.91. The molecule has 2 nitrogen and oxygen atoms in total. The van der Waals surface area contributed by atoms with Crippen molar-refractivity contribution in [2.24, 2.45) is 11.8 Å². The summed E-state index contributed by atoms with van der Waals surface area (Å²) in [5.74, 6) is 1.61.